The Kier molecular flexibility index (Phi) is 6.07. The molecule has 0 atom stereocenters. The summed E-state index contributed by atoms with van der Waals surface area (Å²) in [6.45, 7) is 0.554. The summed E-state index contributed by atoms with van der Waals surface area (Å²) in [6, 6.07) is 4.32. The number of thioether (sulfide) groups is 2. The van der Waals surface area contributed by atoms with E-state index in [-0.39, 0.29) is 0 Å². The van der Waals surface area contributed by atoms with Gasteiger partial charge in [0.2, 0.25) is 0 Å². The lowest BCUT2D eigenvalue weighted by molar-refractivity contribution is 0.141. The van der Waals surface area contributed by atoms with Crippen LogP contribution >= 0.6 is 39.5 Å². The van der Waals surface area contributed by atoms with Crippen LogP contribution in [0.15, 0.2) is 26.4 Å². The lowest BCUT2D eigenvalue weighted by Crippen LogP contribution is -2.03. The smallest absolute Gasteiger partial charge is 0.0719 e. The van der Waals surface area contributed by atoms with Gasteiger partial charge in [-0.3, -0.25) is 0 Å². The van der Waals surface area contributed by atoms with Crippen molar-refractivity contribution in [1.82, 2.24) is 0 Å². The Bertz CT molecular complexity index is 333. The van der Waals surface area contributed by atoms with Gasteiger partial charge in [-0.05, 0) is 52.6 Å². The van der Waals surface area contributed by atoms with E-state index in [4.69, 9.17) is 5.90 Å². The second-order valence-corrected chi connectivity index (χ2v) is 5.45. The zero-order valence-corrected chi connectivity index (χ0v) is 12.0. The lowest BCUT2D eigenvalue weighted by Gasteiger charge is -2.10. The van der Waals surface area contributed by atoms with Gasteiger partial charge in [-0.25, -0.2) is 5.90 Å². The predicted molar refractivity (Wildman–Crippen MR) is 71.5 cm³/mol. The van der Waals surface area contributed by atoms with Crippen molar-refractivity contribution in [3.05, 3.63) is 22.2 Å². The summed E-state index contributed by atoms with van der Waals surface area (Å²) in [5.41, 5.74) is 1.24. The van der Waals surface area contributed by atoms with Crippen molar-refractivity contribution in [2.45, 2.75) is 16.2 Å². The fraction of sp³-hybridized carbons (Fsp3) is 0.400. The third-order valence-electron chi connectivity index (χ3n) is 2.00. The second-order valence-electron chi connectivity index (χ2n) is 2.93. The number of nitrogens with two attached hydrogens (primary N) is 1. The van der Waals surface area contributed by atoms with Crippen LogP contribution in [0.3, 0.4) is 0 Å². The molecule has 2 N–H and O–H groups in total. The summed E-state index contributed by atoms with van der Waals surface area (Å²) in [5, 5.41) is 0. The maximum atomic E-state index is 5.02. The van der Waals surface area contributed by atoms with Crippen molar-refractivity contribution in [2.75, 3.05) is 19.1 Å². The second kappa shape index (κ2) is 6.81. The first-order valence-corrected chi connectivity index (χ1v) is 7.69. The molecule has 1 aromatic rings. The summed E-state index contributed by atoms with van der Waals surface area (Å²) in [6.07, 6.45) is 5.02. The van der Waals surface area contributed by atoms with Crippen LogP contribution in [0.25, 0.3) is 0 Å². The Morgan fingerprint density at radius 3 is 2.60 bits per heavy atom. The van der Waals surface area contributed by atoms with Gasteiger partial charge >= 0.3 is 0 Å². The predicted octanol–water partition coefficient (Wildman–Crippen LogP) is 3.33. The first-order chi connectivity index (χ1) is 7.22. The fourth-order valence-electron chi connectivity index (χ4n) is 1.29. The van der Waals surface area contributed by atoms with Gasteiger partial charge in [0.15, 0.2) is 0 Å². The van der Waals surface area contributed by atoms with E-state index in [0.717, 1.165) is 10.9 Å². The minimum absolute atomic E-state index is 0.554. The highest BCUT2D eigenvalue weighted by Crippen LogP contribution is 2.35. The SMILES string of the molecule is CSc1cc(CCON)cc(Br)c1SC. The van der Waals surface area contributed by atoms with Crippen LogP contribution in [0.5, 0.6) is 0 Å². The van der Waals surface area contributed by atoms with Gasteiger partial charge < -0.3 is 4.84 Å². The molecule has 0 heterocycles. The Balaban J connectivity index is 2.97. The van der Waals surface area contributed by atoms with Gasteiger partial charge in [0.05, 0.1) is 6.61 Å². The molecule has 0 aliphatic heterocycles. The van der Waals surface area contributed by atoms with Gasteiger partial charge in [0, 0.05) is 14.3 Å². The van der Waals surface area contributed by atoms with Crippen LogP contribution in [0.2, 0.25) is 0 Å². The molecule has 1 rings (SSSR count). The van der Waals surface area contributed by atoms with Gasteiger partial charge in [-0.2, -0.15) is 0 Å². The molecule has 0 unspecified atom stereocenters. The third kappa shape index (κ3) is 3.67. The molecular formula is C10H14BrNOS2. The highest BCUT2D eigenvalue weighted by atomic mass is 79.9. The number of rotatable bonds is 5. The lowest BCUT2D eigenvalue weighted by atomic mass is 10.2. The molecule has 0 radical (unpaired) electrons. The first kappa shape index (κ1) is 13.4. The standard InChI is InChI=1S/C10H14BrNOS2/c1-14-9-6-7(3-4-13-12)5-8(11)10(9)15-2/h5-6H,3-4,12H2,1-2H3. The fourth-order valence-corrected chi connectivity index (χ4v) is 4.00. The molecular weight excluding hydrogens is 294 g/mol. The van der Waals surface area contributed by atoms with Crippen molar-refractivity contribution in [1.29, 1.82) is 0 Å². The molecule has 5 heteroatoms. The maximum Gasteiger partial charge on any atom is 0.0719 e. The molecule has 2 nitrogen and oxygen atoms in total. The zero-order valence-electron chi connectivity index (χ0n) is 8.75. The largest absolute Gasteiger partial charge is 0.304 e. The summed E-state index contributed by atoms with van der Waals surface area (Å²) < 4.78 is 1.15. The number of hydrogen-bond donors (Lipinski definition) is 1. The van der Waals surface area contributed by atoms with E-state index in [2.05, 4.69) is 45.4 Å². The van der Waals surface area contributed by atoms with Crippen molar-refractivity contribution < 1.29 is 4.84 Å². The summed E-state index contributed by atoms with van der Waals surface area (Å²) in [4.78, 5) is 7.18. The highest BCUT2D eigenvalue weighted by Gasteiger charge is 2.07. The van der Waals surface area contributed by atoms with Crippen LogP contribution in [0.4, 0.5) is 0 Å². The molecule has 0 bridgehead atoms. The average molecular weight is 308 g/mol. The Hall–Kier alpha value is 0.320. The van der Waals surface area contributed by atoms with E-state index in [1.54, 1.807) is 23.5 Å². The molecule has 84 valence electrons. The summed E-state index contributed by atoms with van der Waals surface area (Å²) in [5.74, 6) is 5.02. The summed E-state index contributed by atoms with van der Waals surface area (Å²) >= 11 is 7.10. The maximum absolute atomic E-state index is 5.02. The number of halogens is 1. The molecule has 1 aromatic carbocycles. The minimum Gasteiger partial charge on any atom is -0.304 e. The van der Waals surface area contributed by atoms with Crippen LogP contribution in [-0.4, -0.2) is 19.1 Å². The molecule has 0 fully saturated rings. The van der Waals surface area contributed by atoms with Crippen molar-refractivity contribution in [2.24, 2.45) is 5.90 Å². The molecule has 0 aromatic heterocycles. The molecule has 0 saturated carbocycles. The number of benzene rings is 1. The zero-order chi connectivity index (χ0) is 11.3. The molecule has 0 saturated heterocycles. The van der Waals surface area contributed by atoms with E-state index in [1.807, 2.05) is 0 Å². The van der Waals surface area contributed by atoms with E-state index < -0.39 is 0 Å². The van der Waals surface area contributed by atoms with E-state index in [1.165, 1.54) is 15.4 Å². The monoisotopic (exact) mass is 307 g/mol. The van der Waals surface area contributed by atoms with Crippen LogP contribution in [0.1, 0.15) is 5.56 Å². The first-order valence-electron chi connectivity index (χ1n) is 4.45. The highest BCUT2D eigenvalue weighted by molar-refractivity contribution is 9.10. The van der Waals surface area contributed by atoms with Crippen molar-refractivity contribution in [3.63, 3.8) is 0 Å². The van der Waals surface area contributed by atoms with Crippen LogP contribution < -0.4 is 5.90 Å². The minimum atomic E-state index is 0.554. The van der Waals surface area contributed by atoms with Gasteiger partial charge in [0.1, 0.15) is 0 Å². The van der Waals surface area contributed by atoms with Gasteiger partial charge in [0.25, 0.3) is 0 Å². The summed E-state index contributed by atoms with van der Waals surface area (Å²) in [7, 11) is 0. The average Bonchev–Trinajstić information content (AvgIpc) is 2.25. The van der Waals surface area contributed by atoms with E-state index >= 15 is 0 Å². The molecule has 0 aliphatic carbocycles. The quantitative estimate of drug-likeness (QED) is 0.668. The third-order valence-corrected chi connectivity index (χ3v) is 4.63. The topological polar surface area (TPSA) is 35.2 Å². The van der Waals surface area contributed by atoms with E-state index in [0.29, 0.717) is 6.61 Å². The van der Waals surface area contributed by atoms with Crippen molar-refractivity contribution >= 4 is 39.5 Å². The van der Waals surface area contributed by atoms with Crippen LogP contribution in [-0.2, 0) is 11.3 Å². The van der Waals surface area contributed by atoms with Gasteiger partial charge in [-0.15, -0.1) is 23.5 Å². The van der Waals surface area contributed by atoms with Crippen molar-refractivity contribution in [3.8, 4) is 0 Å². The molecule has 0 amide bonds. The Morgan fingerprint density at radius 1 is 1.33 bits per heavy atom. The molecule has 0 aliphatic rings. The normalized spacial score (nSPS) is 10.7. The van der Waals surface area contributed by atoms with E-state index in [9.17, 15) is 0 Å². The molecule has 15 heavy (non-hydrogen) atoms. The van der Waals surface area contributed by atoms with Crippen LogP contribution in [0, 0.1) is 0 Å². The van der Waals surface area contributed by atoms with Gasteiger partial charge in [-0.1, -0.05) is 0 Å². The molecule has 0 spiro atoms. The Labute approximate surface area is 107 Å². The Morgan fingerprint density at radius 2 is 2.07 bits per heavy atom. The number of hydrogen-bond acceptors (Lipinski definition) is 4.